The molecule has 2 fully saturated rings. The van der Waals surface area contributed by atoms with Gasteiger partial charge < -0.3 is 4.90 Å². The fourth-order valence-corrected chi connectivity index (χ4v) is 2.11. The predicted octanol–water partition coefficient (Wildman–Crippen LogP) is 2.04. The van der Waals surface area contributed by atoms with Crippen LogP contribution < -0.4 is 0 Å². The Hall–Kier alpha value is -0.530. The van der Waals surface area contributed by atoms with E-state index in [1.165, 1.54) is 19.3 Å². The van der Waals surface area contributed by atoms with Crippen molar-refractivity contribution in [1.82, 2.24) is 4.90 Å². The Kier molecular flexibility index (Phi) is 2.76. The molecule has 2 nitrogen and oxygen atoms in total. The van der Waals surface area contributed by atoms with E-state index in [0.717, 1.165) is 13.0 Å². The summed E-state index contributed by atoms with van der Waals surface area (Å²) in [7, 11) is 1.91. The first-order valence-electron chi connectivity index (χ1n) is 4.96. The number of carbonyl (C=O) groups excluding carboxylic acids is 1. The summed E-state index contributed by atoms with van der Waals surface area (Å²) in [5.74, 6) is 0.347. The molecular weight excluding hydrogens is 150 g/mol. The van der Waals surface area contributed by atoms with Crippen LogP contribution in [0.5, 0.6) is 0 Å². The standard InChI is InChI=1S/C8H13NO.C2H6/c1-9-6-8(3-2-4-8)5-7(9)10;1-2/h2-6H2,1H3;1-2H3. The zero-order chi connectivity index (χ0) is 9.19. The highest BCUT2D eigenvalue weighted by Gasteiger charge is 2.45. The average Bonchev–Trinajstić information content (AvgIpc) is 2.32. The molecule has 12 heavy (non-hydrogen) atoms. The summed E-state index contributed by atoms with van der Waals surface area (Å²) in [6.45, 7) is 5.02. The maximum absolute atomic E-state index is 11.1. The van der Waals surface area contributed by atoms with Gasteiger partial charge in [0.25, 0.3) is 0 Å². The molecule has 2 rings (SSSR count). The van der Waals surface area contributed by atoms with E-state index in [2.05, 4.69) is 0 Å². The predicted molar refractivity (Wildman–Crippen MR) is 49.9 cm³/mol. The van der Waals surface area contributed by atoms with E-state index in [4.69, 9.17) is 0 Å². The summed E-state index contributed by atoms with van der Waals surface area (Å²) in [6.07, 6.45) is 4.72. The molecule has 0 atom stereocenters. The van der Waals surface area contributed by atoms with Gasteiger partial charge in [-0.15, -0.1) is 0 Å². The molecule has 70 valence electrons. The van der Waals surface area contributed by atoms with Crippen LogP contribution in [-0.4, -0.2) is 24.4 Å². The van der Waals surface area contributed by atoms with E-state index in [9.17, 15) is 4.79 Å². The maximum Gasteiger partial charge on any atom is 0.222 e. The number of hydrogen-bond donors (Lipinski definition) is 0. The van der Waals surface area contributed by atoms with Crippen LogP contribution in [0.15, 0.2) is 0 Å². The molecule has 1 saturated heterocycles. The molecule has 2 heteroatoms. The van der Waals surface area contributed by atoms with Crippen LogP contribution in [0.3, 0.4) is 0 Å². The topological polar surface area (TPSA) is 20.3 Å². The second-order valence-electron chi connectivity index (χ2n) is 3.78. The lowest BCUT2D eigenvalue weighted by Crippen LogP contribution is -2.31. The van der Waals surface area contributed by atoms with Crippen LogP contribution in [0.1, 0.15) is 39.5 Å². The molecule has 1 saturated carbocycles. The van der Waals surface area contributed by atoms with Crippen molar-refractivity contribution in [2.24, 2.45) is 5.41 Å². The molecule has 0 unspecified atom stereocenters. The summed E-state index contributed by atoms with van der Waals surface area (Å²) in [5.41, 5.74) is 0.436. The Bertz CT molecular complexity index is 173. The second kappa shape index (κ2) is 3.46. The summed E-state index contributed by atoms with van der Waals surface area (Å²) in [5, 5.41) is 0. The average molecular weight is 169 g/mol. The molecular formula is C10H19NO. The van der Waals surface area contributed by atoms with Crippen molar-refractivity contribution >= 4 is 5.91 Å². The quantitative estimate of drug-likeness (QED) is 0.543. The van der Waals surface area contributed by atoms with Crippen LogP contribution in [0.25, 0.3) is 0 Å². The number of hydrogen-bond acceptors (Lipinski definition) is 1. The fourth-order valence-electron chi connectivity index (χ4n) is 2.11. The molecule has 0 N–H and O–H groups in total. The van der Waals surface area contributed by atoms with E-state index in [-0.39, 0.29) is 0 Å². The molecule has 0 aromatic heterocycles. The molecule has 0 aromatic carbocycles. The third-order valence-corrected chi connectivity index (χ3v) is 2.94. The molecule has 0 bridgehead atoms. The molecule has 0 radical (unpaired) electrons. The Morgan fingerprint density at radius 2 is 1.92 bits per heavy atom. The third kappa shape index (κ3) is 1.47. The van der Waals surface area contributed by atoms with E-state index in [0.29, 0.717) is 11.3 Å². The molecule has 1 amide bonds. The lowest BCUT2D eigenvalue weighted by atomic mass is 9.68. The minimum Gasteiger partial charge on any atom is -0.345 e. The van der Waals surface area contributed by atoms with Crippen LogP contribution in [0.2, 0.25) is 0 Å². The SMILES string of the molecule is CC.CN1CC2(CCC2)CC1=O. The first-order chi connectivity index (χ1) is 5.72. The number of carbonyl (C=O) groups is 1. The summed E-state index contributed by atoms with van der Waals surface area (Å²) >= 11 is 0. The number of likely N-dealkylation sites (tertiary alicyclic amines) is 1. The molecule has 2 aliphatic rings. The Balaban J connectivity index is 0.000000336. The van der Waals surface area contributed by atoms with Gasteiger partial charge in [0.05, 0.1) is 0 Å². The van der Waals surface area contributed by atoms with Crippen LogP contribution >= 0.6 is 0 Å². The Morgan fingerprint density at radius 3 is 2.08 bits per heavy atom. The summed E-state index contributed by atoms with van der Waals surface area (Å²) in [6, 6.07) is 0. The fraction of sp³-hybridized carbons (Fsp3) is 0.900. The van der Waals surface area contributed by atoms with Crippen molar-refractivity contribution in [3.8, 4) is 0 Å². The highest BCUT2D eigenvalue weighted by Crippen LogP contribution is 2.47. The van der Waals surface area contributed by atoms with E-state index < -0.39 is 0 Å². The van der Waals surface area contributed by atoms with Crippen molar-refractivity contribution in [3.05, 3.63) is 0 Å². The summed E-state index contributed by atoms with van der Waals surface area (Å²) < 4.78 is 0. The lowest BCUT2D eigenvalue weighted by molar-refractivity contribution is -0.126. The Labute approximate surface area is 74.9 Å². The van der Waals surface area contributed by atoms with Gasteiger partial charge in [0, 0.05) is 20.0 Å². The van der Waals surface area contributed by atoms with Crippen LogP contribution in [0.4, 0.5) is 0 Å². The maximum atomic E-state index is 11.1. The largest absolute Gasteiger partial charge is 0.345 e. The van der Waals surface area contributed by atoms with Crippen molar-refractivity contribution in [2.45, 2.75) is 39.5 Å². The van der Waals surface area contributed by atoms with E-state index in [1.54, 1.807) is 0 Å². The van der Waals surface area contributed by atoms with Crippen LogP contribution in [0, 0.1) is 5.41 Å². The van der Waals surface area contributed by atoms with Crippen molar-refractivity contribution in [1.29, 1.82) is 0 Å². The van der Waals surface area contributed by atoms with Gasteiger partial charge in [-0.2, -0.15) is 0 Å². The molecule has 1 spiro atoms. The third-order valence-electron chi connectivity index (χ3n) is 2.94. The first-order valence-corrected chi connectivity index (χ1v) is 4.96. The zero-order valence-corrected chi connectivity index (χ0v) is 8.39. The minimum absolute atomic E-state index is 0.347. The van der Waals surface area contributed by atoms with Gasteiger partial charge in [-0.05, 0) is 18.3 Å². The van der Waals surface area contributed by atoms with Gasteiger partial charge in [0.15, 0.2) is 0 Å². The van der Waals surface area contributed by atoms with Gasteiger partial charge in [0.2, 0.25) is 5.91 Å². The summed E-state index contributed by atoms with van der Waals surface area (Å²) in [4.78, 5) is 13.0. The minimum atomic E-state index is 0.347. The molecule has 0 aromatic rings. The highest BCUT2D eigenvalue weighted by atomic mass is 16.2. The van der Waals surface area contributed by atoms with Crippen LogP contribution in [-0.2, 0) is 4.79 Å². The zero-order valence-electron chi connectivity index (χ0n) is 8.39. The molecule has 1 aliphatic heterocycles. The van der Waals surface area contributed by atoms with Gasteiger partial charge in [-0.1, -0.05) is 20.3 Å². The van der Waals surface area contributed by atoms with Gasteiger partial charge in [-0.25, -0.2) is 0 Å². The van der Waals surface area contributed by atoms with Gasteiger partial charge in [-0.3, -0.25) is 4.79 Å². The van der Waals surface area contributed by atoms with Crippen molar-refractivity contribution < 1.29 is 4.79 Å². The number of rotatable bonds is 0. The normalized spacial score (nSPS) is 24.9. The molecule has 1 heterocycles. The monoisotopic (exact) mass is 169 g/mol. The highest BCUT2D eigenvalue weighted by molar-refractivity contribution is 5.79. The molecule has 1 aliphatic carbocycles. The Morgan fingerprint density at radius 1 is 1.33 bits per heavy atom. The van der Waals surface area contributed by atoms with Crippen molar-refractivity contribution in [2.75, 3.05) is 13.6 Å². The van der Waals surface area contributed by atoms with Gasteiger partial charge >= 0.3 is 0 Å². The number of amides is 1. The van der Waals surface area contributed by atoms with E-state index >= 15 is 0 Å². The van der Waals surface area contributed by atoms with Crippen molar-refractivity contribution in [3.63, 3.8) is 0 Å². The first kappa shape index (κ1) is 9.56. The number of nitrogens with zero attached hydrogens (tertiary/aromatic N) is 1. The second-order valence-corrected chi connectivity index (χ2v) is 3.78. The van der Waals surface area contributed by atoms with E-state index in [1.807, 2.05) is 25.8 Å². The smallest absolute Gasteiger partial charge is 0.222 e. The lowest BCUT2D eigenvalue weighted by Gasteiger charge is -2.36. The van der Waals surface area contributed by atoms with Gasteiger partial charge in [0.1, 0.15) is 0 Å².